The van der Waals surface area contributed by atoms with Crippen LogP contribution in [-0.2, 0) is 14.8 Å². The molecule has 0 bridgehead atoms. The lowest BCUT2D eigenvalue weighted by atomic mass is 10.1. The van der Waals surface area contributed by atoms with Crippen LogP contribution in [0.5, 0.6) is 0 Å². The highest BCUT2D eigenvalue weighted by Gasteiger charge is 2.23. The molecule has 0 radical (unpaired) electrons. The second-order valence-corrected chi connectivity index (χ2v) is 8.02. The Morgan fingerprint density at radius 3 is 2.54 bits per heavy atom. The number of benzene rings is 2. The number of hydrogen-bond acceptors (Lipinski definition) is 5. The Labute approximate surface area is 160 Å². The SMILES string of the molecule is O=C(c1ccccc1NS(=O)(=O)c1ccc2[nH]c(=O)[nH]c2c1)N1CCOCC1. The third-order valence-corrected chi connectivity index (χ3v) is 5.86. The van der Waals surface area contributed by atoms with Crippen LogP contribution in [0.25, 0.3) is 11.0 Å². The number of imidazole rings is 1. The van der Waals surface area contributed by atoms with E-state index in [1.165, 1.54) is 18.2 Å². The number of carbonyl (C=O) groups excluding carboxylic acids is 1. The summed E-state index contributed by atoms with van der Waals surface area (Å²) in [5.74, 6) is -0.257. The van der Waals surface area contributed by atoms with Gasteiger partial charge in [-0.05, 0) is 30.3 Å². The molecule has 4 rings (SSSR count). The molecule has 28 heavy (non-hydrogen) atoms. The molecule has 0 unspecified atom stereocenters. The first-order valence-electron chi connectivity index (χ1n) is 8.65. The number of fused-ring (bicyclic) bond motifs is 1. The Morgan fingerprint density at radius 1 is 1.04 bits per heavy atom. The number of anilines is 1. The molecule has 1 aromatic heterocycles. The van der Waals surface area contributed by atoms with Gasteiger partial charge in [-0.2, -0.15) is 0 Å². The number of amides is 1. The van der Waals surface area contributed by atoms with Gasteiger partial charge in [0.25, 0.3) is 15.9 Å². The largest absolute Gasteiger partial charge is 0.378 e. The number of morpholine rings is 1. The first kappa shape index (κ1) is 18.3. The molecular formula is C18H18N4O5S. The molecule has 0 aliphatic carbocycles. The van der Waals surface area contributed by atoms with Crippen LogP contribution in [0, 0.1) is 0 Å². The van der Waals surface area contributed by atoms with Crippen LogP contribution in [0.4, 0.5) is 5.69 Å². The number of sulfonamides is 1. The minimum absolute atomic E-state index is 0.0242. The Morgan fingerprint density at radius 2 is 1.75 bits per heavy atom. The lowest BCUT2D eigenvalue weighted by Gasteiger charge is -2.27. The first-order valence-corrected chi connectivity index (χ1v) is 10.1. The molecule has 146 valence electrons. The Hall–Kier alpha value is -3.11. The monoisotopic (exact) mass is 402 g/mol. The zero-order valence-corrected chi connectivity index (χ0v) is 15.6. The summed E-state index contributed by atoms with van der Waals surface area (Å²) in [6.45, 7) is 1.82. The standard InChI is InChI=1S/C18H18N4O5S/c23-17(22-7-9-27-10-8-22)13-3-1-2-4-14(13)21-28(25,26)12-5-6-15-16(11-12)20-18(24)19-15/h1-6,11,21H,7-10H2,(H2,19,20,24). The van der Waals surface area contributed by atoms with Crippen molar-refractivity contribution in [2.24, 2.45) is 0 Å². The van der Waals surface area contributed by atoms with Gasteiger partial charge in [0.15, 0.2) is 0 Å². The number of ether oxygens (including phenoxy) is 1. The molecule has 1 saturated heterocycles. The third-order valence-electron chi connectivity index (χ3n) is 4.50. The second-order valence-electron chi connectivity index (χ2n) is 6.34. The maximum Gasteiger partial charge on any atom is 0.323 e. The van der Waals surface area contributed by atoms with Crippen molar-refractivity contribution in [1.82, 2.24) is 14.9 Å². The molecular weight excluding hydrogens is 384 g/mol. The average Bonchev–Trinajstić information content (AvgIpc) is 3.07. The zero-order chi connectivity index (χ0) is 19.7. The molecule has 3 N–H and O–H groups in total. The van der Waals surface area contributed by atoms with E-state index < -0.39 is 15.7 Å². The fraction of sp³-hybridized carbons (Fsp3) is 0.222. The predicted molar refractivity (Wildman–Crippen MR) is 103 cm³/mol. The van der Waals surface area contributed by atoms with E-state index >= 15 is 0 Å². The van der Waals surface area contributed by atoms with Gasteiger partial charge in [0.2, 0.25) is 0 Å². The van der Waals surface area contributed by atoms with Crippen LogP contribution in [0.15, 0.2) is 52.2 Å². The lowest BCUT2D eigenvalue weighted by Crippen LogP contribution is -2.41. The Balaban J connectivity index is 1.65. The van der Waals surface area contributed by atoms with Crippen LogP contribution in [0.2, 0.25) is 0 Å². The molecule has 2 aromatic carbocycles. The van der Waals surface area contributed by atoms with E-state index in [4.69, 9.17) is 4.74 Å². The zero-order valence-electron chi connectivity index (χ0n) is 14.8. The quantitative estimate of drug-likeness (QED) is 0.603. The van der Waals surface area contributed by atoms with Crippen LogP contribution < -0.4 is 10.4 Å². The van der Waals surface area contributed by atoms with Crippen molar-refractivity contribution in [2.75, 3.05) is 31.0 Å². The minimum atomic E-state index is -3.96. The summed E-state index contributed by atoms with van der Waals surface area (Å²) in [7, 11) is -3.96. The average molecular weight is 402 g/mol. The molecule has 1 aliphatic heterocycles. The lowest BCUT2D eigenvalue weighted by molar-refractivity contribution is 0.0303. The highest BCUT2D eigenvalue weighted by molar-refractivity contribution is 7.92. The van der Waals surface area contributed by atoms with Crippen molar-refractivity contribution in [2.45, 2.75) is 4.90 Å². The van der Waals surface area contributed by atoms with Gasteiger partial charge >= 0.3 is 5.69 Å². The normalized spacial score (nSPS) is 14.9. The van der Waals surface area contributed by atoms with Crippen LogP contribution in [0.1, 0.15) is 10.4 Å². The van der Waals surface area contributed by atoms with E-state index in [1.54, 1.807) is 29.2 Å². The molecule has 10 heteroatoms. The summed E-state index contributed by atoms with van der Waals surface area (Å²) < 4.78 is 33.4. The Bertz CT molecular complexity index is 1190. The maximum absolute atomic E-state index is 12.8. The Kier molecular flexibility index (Phi) is 4.65. The van der Waals surface area contributed by atoms with Gasteiger partial charge in [0, 0.05) is 13.1 Å². The second kappa shape index (κ2) is 7.13. The van der Waals surface area contributed by atoms with Gasteiger partial charge < -0.3 is 19.6 Å². The van der Waals surface area contributed by atoms with Crippen molar-refractivity contribution >= 4 is 32.7 Å². The number of nitrogens with zero attached hydrogens (tertiary/aromatic N) is 1. The number of nitrogens with one attached hydrogen (secondary N) is 3. The van der Waals surface area contributed by atoms with Crippen LogP contribution >= 0.6 is 0 Å². The molecule has 0 saturated carbocycles. The number of hydrogen-bond donors (Lipinski definition) is 3. The van der Waals surface area contributed by atoms with E-state index in [9.17, 15) is 18.0 Å². The van der Waals surface area contributed by atoms with Crippen molar-refractivity contribution in [3.05, 3.63) is 58.5 Å². The molecule has 1 amide bonds. The van der Waals surface area contributed by atoms with Crippen molar-refractivity contribution in [3.63, 3.8) is 0 Å². The minimum Gasteiger partial charge on any atom is -0.378 e. The van der Waals surface area contributed by atoms with Crippen molar-refractivity contribution < 1.29 is 17.9 Å². The van der Waals surface area contributed by atoms with Gasteiger partial charge in [0.1, 0.15) is 0 Å². The van der Waals surface area contributed by atoms with Crippen molar-refractivity contribution in [3.8, 4) is 0 Å². The maximum atomic E-state index is 12.8. The molecule has 1 fully saturated rings. The topological polar surface area (TPSA) is 124 Å². The fourth-order valence-corrected chi connectivity index (χ4v) is 4.18. The smallest absolute Gasteiger partial charge is 0.323 e. The summed E-state index contributed by atoms with van der Waals surface area (Å²) in [6, 6.07) is 10.7. The highest BCUT2D eigenvalue weighted by Crippen LogP contribution is 2.23. The third kappa shape index (κ3) is 3.51. The van der Waals surface area contributed by atoms with Gasteiger partial charge in [-0.15, -0.1) is 0 Å². The van der Waals surface area contributed by atoms with E-state index in [1.807, 2.05) is 0 Å². The van der Waals surface area contributed by atoms with Crippen LogP contribution in [-0.4, -0.2) is 55.5 Å². The molecule has 1 aliphatic rings. The van der Waals surface area contributed by atoms with E-state index in [0.717, 1.165) is 0 Å². The van der Waals surface area contributed by atoms with Gasteiger partial charge in [0.05, 0.1) is 40.4 Å². The summed E-state index contributed by atoms with van der Waals surface area (Å²) in [5.41, 5.74) is 0.933. The van der Waals surface area contributed by atoms with Gasteiger partial charge in [-0.25, -0.2) is 13.2 Å². The van der Waals surface area contributed by atoms with Crippen molar-refractivity contribution in [1.29, 1.82) is 0 Å². The molecule has 0 atom stereocenters. The molecule has 2 heterocycles. The fourth-order valence-electron chi connectivity index (χ4n) is 3.08. The number of carbonyl (C=O) groups is 1. The number of aromatic amines is 2. The number of H-pyrrole nitrogens is 2. The summed E-state index contributed by atoms with van der Waals surface area (Å²) in [4.78, 5) is 30.9. The first-order chi connectivity index (χ1) is 13.4. The molecule has 3 aromatic rings. The summed E-state index contributed by atoms with van der Waals surface area (Å²) >= 11 is 0. The molecule has 0 spiro atoms. The predicted octanol–water partition coefficient (Wildman–Crippen LogP) is 1.13. The van der Waals surface area contributed by atoms with Gasteiger partial charge in [-0.3, -0.25) is 9.52 Å². The molecule has 9 nitrogen and oxygen atoms in total. The van der Waals surface area contributed by atoms with E-state index in [-0.39, 0.29) is 22.1 Å². The van der Waals surface area contributed by atoms with E-state index in [0.29, 0.717) is 37.3 Å². The number of para-hydroxylation sites is 1. The number of aromatic nitrogens is 2. The summed E-state index contributed by atoms with van der Waals surface area (Å²) in [6.07, 6.45) is 0. The number of rotatable bonds is 4. The highest BCUT2D eigenvalue weighted by atomic mass is 32.2. The van der Waals surface area contributed by atoms with Gasteiger partial charge in [-0.1, -0.05) is 12.1 Å². The van der Waals surface area contributed by atoms with Crippen LogP contribution in [0.3, 0.4) is 0 Å². The summed E-state index contributed by atoms with van der Waals surface area (Å²) in [5, 5.41) is 0. The van der Waals surface area contributed by atoms with E-state index in [2.05, 4.69) is 14.7 Å².